The zero-order chi connectivity index (χ0) is 48.5. The van der Waals surface area contributed by atoms with E-state index in [1.54, 1.807) is 75.2 Å². The largest absolute Gasteiger partial charge is 0.492 e. The summed E-state index contributed by atoms with van der Waals surface area (Å²) in [6, 6.07) is 21.5. The Morgan fingerprint density at radius 3 is 2.40 bits per heavy atom. The number of aryl methyl sites for hydroxylation is 1. The molecule has 0 bridgehead atoms. The van der Waals surface area contributed by atoms with Crippen LogP contribution < -0.4 is 34.7 Å². The number of nitrogens with one attached hydrogen (secondary N) is 3. The van der Waals surface area contributed by atoms with Crippen LogP contribution in [0.2, 0.25) is 5.02 Å². The summed E-state index contributed by atoms with van der Waals surface area (Å²) >= 11 is 6.26. The predicted octanol–water partition coefficient (Wildman–Crippen LogP) is 7.99. The number of nitrogens with zero attached hydrogens (tertiary/aromatic N) is 6. The summed E-state index contributed by atoms with van der Waals surface area (Å²) in [6.07, 6.45) is 8.17. The number of carbonyl (C=O) groups excluding carboxylic acids is 1. The summed E-state index contributed by atoms with van der Waals surface area (Å²) in [5.74, 6) is 2.45. The van der Waals surface area contributed by atoms with Crippen molar-refractivity contribution in [3.05, 3.63) is 118 Å². The number of fused-ring (bicyclic) bond motifs is 1. The van der Waals surface area contributed by atoms with Gasteiger partial charge in [-0.05, 0) is 75.3 Å². The molecule has 3 aromatic heterocycles. The van der Waals surface area contributed by atoms with Gasteiger partial charge in [0, 0.05) is 109 Å². The van der Waals surface area contributed by atoms with Gasteiger partial charge in [0.2, 0.25) is 16.0 Å². The van der Waals surface area contributed by atoms with Gasteiger partial charge in [0.05, 0.1) is 21.9 Å². The molecule has 2 fully saturated rings. The van der Waals surface area contributed by atoms with Gasteiger partial charge in [0.1, 0.15) is 47.3 Å². The van der Waals surface area contributed by atoms with E-state index < -0.39 is 20.9 Å². The van der Waals surface area contributed by atoms with Gasteiger partial charge >= 0.3 is 0 Å². The number of H-pyrrole nitrogens is 1. The fraction of sp³-hybridized carbons (Fsp3) is 0.380. The Balaban J connectivity index is 0.830. The van der Waals surface area contributed by atoms with Crippen molar-refractivity contribution < 1.29 is 27.4 Å². The number of anilines is 2. The molecule has 0 atom stereocenters. The second-order valence-corrected chi connectivity index (χ2v) is 21.1. The third-order valence-electron chi connectivity index (χ3n) is 13.3. The number of rotatable bonds is 16. The first kappa shape index (κ1) is 47.9. The summed E-state index contributed by atoms with van der Waals surface area (Å²) in [5.41, 5.74) is 1.86. The van der Waals surface area contributed by atoms with Crippen LogP contribution in [0, 0.1) is 22.2 Å². The lowest BCUT2D eigenvalue weighted by Gasteiger charge is -2.63. The predicted molar refractivity (Wildman–Crippen MR) is 263 cm³/mol. The maximum atomic E-state index is 13.5. The zero-order valence-corrected chi connectivity index (χ0v) is 40.7. The molecule has 18 heteroatoms. The summed E-state index contributed by atoms with van der Waals surface area (Å²) in [4.78, 5) is 43.0. The molecule has 0 unspecified atom stereocenters. The van der Waals surface area contributed by atoms with E-state index in [1.165, 1.54) is 4.57 Å². The van der Waals surface area contributed by atoms with Crippen LogP contribution in [0.1, 0.15) is 63.4 Å². The van der Waals surface area contributed by atoms with Crippen molar-refractivity contribution in [1.82, 2.24) is 29.7 Å². The van der Waals surface area contributed by atoms with Crippen molar-refractivity contribution in [2.75, 3.05) is 48.7 Å². The highest BCUT2D eigenvalue weighted by atomic mass is 35.5. The van der Waals surface area contributed by atoms with Crippen LogP contribution in [0.15, 0.2) is 96.3 Å². The summed E-state index contributed by atoms with van der Waals surface area (Å²) in [6.45, 7) is 12.5. The topological polar surface area (TPSA) is 197 Å². The molecule has 1 amide bonds. The average molecular weight is 963 g/mol. The maximum absolute atomic E-state index is 13.5. The summed E-state index contributed by atoms with van der Waals surface area (Å²) in [5, 5.41) is 13.5. The Labute approximate surface area is 401 Å². The van der Waals surface area contributed by atoms with E-state index in [1.807, 2.05) is 30.3 Å². The van der Waals surface area contributed by atoms with Crippen LogP contribution in [0.5, 0.6) is 23.0 Å². The number of hydrogen-bond donors (Lipinski definition) is 3. The Hall–Kier alpha value is -6.61. The van der Waals surface area contributed by atoms with Crippen LogP contribution in [0.4, 0.5) is 11.6 Å². The minimum atomic E-state index is -3.55. The number of nitriles is 1. The monoisotopic (exact) mass is 961 g/mol. The van der Waals surface area contributed by atoms with E-state index in [4.69, 9.17) is 25.8 Å². The minimum absolute atomic E-state index is 0.0843. The molecule has 68 heavy (non-hydrogen) atoms. The molecule has 0 radical (unpaired) electrons. The molecule has 1 saturated heterocycles. The first-order valence-corrected chi connectivity index (χ1v) is 24.6. The van der Waals surface area contributed by atoms with Crippen LogP contribution in [-0.4, -0.2) is 96.0 Å². The number of benzene rings is 3. The van der Waals surface area contributed by atoms with Crippen molar-refractivity contribution in [3.63, 3.8) is 0 Å². The van der Waals surface area contributed by atoms with Crippen molar-refractivity contribution in [2.24, 2.45) is 17.9 Å². The second-order valence-electron chi connectivity index (χ2n) is 18.6. The van der Waals surface area contributed by atoms with Gasteiger partial charge in [-0.15, -0.1) is 0 Å². The number of hydrogen-bond acceptors (Lipinski definition) is 12. The van der Waals surface area contributed by atoms with E-state index in [2.05, 4.69) is 75.6 Å². The van der Waals surface area contributed by atoms with Crippen LogP contribution in [0.3, 0.4) is 0 Å². The van der Waals surface area contributed by atoms with Gasteiger partial charge < -0.3 is 34.0 Å². The molecule has 4 heterocycles. The lowest BCUT2D eigenvalue weighted by atomic mass is 9.49. The Morgan fingerprint density at radius 1 is 0.985 bits per heavy atom. The Bertz CT molecular complexity index is 3030. The molecule has 356 valence electrons. The molecule has 3 N–H and O–H groups in total. The van der Waals surface area contributed by atoms with E-state index in [0.717, 1.165) is 25.9 Å². The first-order chi connectivity index (χ1) is 32.4. The van der Waals surface area contributed by atoms with Crippen LogP contribution >= 0.6 is 11.6 Å². The third-order valence-corrected chi connectivity index (χ3v) is 14.9. The van der Waals surface area contributed by atoms with Gasteiger partial charge in [-0.3, -0.25) is 19.2 Å². The minimum Gasteiger partial charge on any atom is -0.492 e. The first-order valence-electron chi connectivity index (χ1n) is 22.5. The zero-order valence-electron chi connectivity index (χ0n) is 39.2. The standard InChI is InChI=1S/C50H56ClN9O7S/c1-8-68(63,64)57-33-13-15-42(39(24-33)40-30-59(7)45(62)43-38(40)16-19-53-43)66-36-11-9-10-35(25-36)65-23-22-58(6)34-17-20-60(21-18-34)48-54-28-32(29-55-48)44(61)56-46-49(2,3)47(50(46,4)5)67-37-14-12-31(27-52)41(51)26-37/h9-16,19,24-26,28-30,34,46-47,53,57H,8,17-18,20-23H2,1-7H3,(H,56,61). The highest BCUT2D eigenvalue weighted by Crippen LogP contribution is 2.55. The Kier molecular flexibility index (Phi) is 13.5. The molecule has 1 aliphatic carbocycles. The van der Waals surface area contributed by atoms with Gasteiger partial charge in [-0.25, -0.2) is 18.4 Å². The number of sulfonamides is 1. The lowest BCUT2D eigenvalue weighted by molar-refractivity contribution is -0.164. The van der Waals surface area contributed by atoms with Crippen LogP contribution in [0.25, 0.3) is 22.0 Å². The van der Waals surface area contributed by atoms with Crippen molar-refractivity contribution in [1.29, 1.82) is 5.26 Å². The Morgan fingerprint density at radius 2 is 1.71 bits per heavy atom. The number of ether oxygens (including phenoxy) is 3. The molecule has 1 aliphatic heterocycles. The van der Waals surface area contributed by atoms with E-state index in [-0.39, 0.29) is 29.4 Å². The van der Waals surface area contributed by atoms with Gasteiger partial charge in [0.25, 0.3) is 11.5 Å². The van der Waals surface area contributed by atoms with Gasteiger partial charge in [0.15, 0.2) is 0 Å². The number of halogens is 1. The van der Waals surface area contributed by atoms with Crippen molar-refractivity contribution >= 4 is 50.1 Å². The fourth-order valence-corrected chi connectivity index (χ4v) is 10.6. The van der Waals surface area contributed by atoms with E-state index >= 15 is 0 Å². The smallest absolute Gasteiger partial charge is 0.274 e. The third kappa shape index (κ3) is 9.85. The number of carbonyl (C=O) groups is 1. The van der Waals surface area contributed by atoms with Crippen LogP contribution in [-0.2, 0) is 17.1 Å². The van der Waals surface area contributed by atoms with Gasteiger partial charge in [-0.1, -0.05) is 45.4 Å². The van der Waals surface area contributed by atoms with E-state index in [9.17, 15) is 23.3 Å². The molecule has 16 nitrogen and oxygen atoms in total. The maximum Gasteiger partial charge on any atom is 0.274 e. The number of amides is 1. The second kappa shape index (κ2) is 19.2. The molecule has 2 aliphatic rings. The highest BCUT2D eigenvalue weighted by Gasteiger charge is 2.64. The number of aromatic nitrogens is 4. The molecule has 0 spiro atoms. The number of aromatic amines is 1. The number of pyridine rings is 1. The SMILES string of the molecule is CCS(=O)(=O)Nc1ccc(Oc2cccc(OCCN(C)C3CCN(c4ncc(C(=O)NC5C(C)(C)C(Oc6ccc(C#N)c(Cl)c6)C5(C)C)cn4)CC3)c2)c(-c2cn(C)c(=O)c3[nH]ccc23)c1. The molecule has 3 aromatic carbocycles. The number of likely N-dealkylation sites (N-methyl/N-ethyl adjacent to an activating group) is 1. The fourth-order valence-electron chi connectivity index (χ4n) is 9.79. The molecule has 1 saturated carbocycles. The highest BCUT2D eigenvalue weighted by molar-refractivity contribution is 7.92. The molecule has 6 aromatic rings. The molecular weight excluding hydrogens is 906 g/mol. The quantitative estimate of drug-likeness (QED) is 0.0847. The summed E-state index contributed by atoms with van der Waals surface area (Å²) < 4.78 is 48.1. The van der Waals surface area contributed by atoms with Crippen molar-refractivity contribution in [2.45, 2.75) is 65.6 Å². The normalized spacial score (nSPS) is 17.9. The average Bonchev–Trinajstić information content (AvgIpc) is 3.82. The molecule has 8 rings (SSSR count). The number of piperidine rings is 1. The summed E-state index contributed by atoms with van der Waals surface area (Å²) in [7, 11) is 0.214. The van der Waals surface area contributed by atoms with Gasteiger partial charge in [-0.2, -0.15) is 5.26 Å². The van der Waals surface area contributed by atoms with Crippen molar-refractivity contribution in [3.8, 4) is 40.2 Å². The van der Waals surface area contributed by atoms with E-state index in [0.29, 0.717) is 92.0 Å². The lowest BCUT2D eigenvalue weighted by Crippen LogP contribution is -2.74. The molecular formula is C50H56ClN9O7S.